The Morgan fingerprint density at radius 2 is 1.48 bits per heavy atom. The Morgan fingerprint density at radius 1 is 0.897 bits per heavy atom. The summed E-state index contributed by atoms with van der Waals surface area (Å²) in [5.41, 5.74) is 3.47. The average molecular weight is 390 g/mol. The maximum absolute atomic E-state index is 12.8. The minimum Gasteiger partial charge on any atom is -0.388 e. The number of anilines is 1. The molecule has 1 aliphatic heterocycles. The number of carbonyl (C=O) groups is 2. The molecule has 1 saturated heterocycles. The van der Waals surface area contributed by atoms with Crippen molar-refractivity contribution in [1.82, 2.24) is 4.90 Å². The highest BCUT2D eigenvalue weighted by atomic mass is 16.3. The molecule has 5 heteroatoms. The van der Waals surface area contributed by atoms with E-state index in [0.717, 1.165) is 48.6 Å². The van der Waals surface area contributed by atoms with Crippen LogP contribution in [0.1, 0.15) is 21.5 Å². The molecule has 150 valence electrons. The van der Waals surface area contributed by atoms with Gasteiger partial charge in [0.05, 0.1) is 0 Å². The molecular weight excluding hydrogens is 364 g/mol. The largest absolute Gasteiger partial charge is 0.388 e. The van der Waals surface area contributed by atoms with Crippen LogP contribution in [0.2, 0.25) is 0 Å². The number of aliphatic hydroxyl groups excluding tert-OH is 1. The fourth-order valence-corrected chi connectivity index (χ4v) is 3.23. The first kappa shape index (κ1) is 20.7. The highest BCUT2D eigenvalue weighted by Gasteiger charge is 2.18. The number of benzene rings is 2. The number of hydrogen-bond acceptors (Lipinski definition) is 5. The van der Waals surface area contributed by atoms with Crippen molar-refractivity contribution in [2.75, 3.05) is 44.7 Å². The van der Waals surface area contributed by atoms with Gasteiger partial charge in [-0.15, -0.1) is 0 Å². The molecule has 0 atom stereocenters. The minimum absolute atomic E-state index is 0.0166. The van der Waals surface area contributed by atoms with Gasteiger partial charge in [-0.25, -0.2) is 0 Å². The molecule has 2 aromatic rings. The van der Waals surface area contributed by atoms with E-state index in [9.17, 15) is 9.59 Å². The predicted molar refractivity (Wildman–Crippen MR) is 117 cm³/mol. The van der Waals surface area contributed by atoms with E-state index in [-0.39, 0.29) is 11.6 Å². The van der Waals surface area contributed by atoms with Crippen LogP contribution >= 0.6 is 0 Å². The summed E-state index contributed by atoms with van der Waals surface area (Å²) in [5.74, 6) is -0.351. The summed E-state index contributed by atoms with van der Waals surface area (Å²) >= 11 is 0. The molecule has 0 saturated carbocycles. The fourth-order valence-electron chi connectivity index (χ4n) is 3.23. The summed E-state index contributed by atoms with van der Waals surface area (Å²) < 4.78 is 0. The molecule has 0 spiro atoms. The predicted octanol–water partition coefficient (Wildman–Crippen LogP) is 2.91. The lowest BCUT2D eigenvalue weighted by atomic mass is 10.0. The fraction of sp³-hybridized carbons (Fsp3) is 0.250. The average Bonchev–Trinajstić information content (AvgIpc) is 2.77. The Kier molecular flexibility index (Phi) is 7.11. The Bertz CT molecular complexity index is 908. The highest BCUT2D eigenvalue weighted by molar-refractivity contribution is 6.10. The second-order valence-electron chi connectivity index (χ2n) is 7.13. The summed E-state index contributed by atoms with van der Waals surface area (Å²) in [6, 6.07) is 15.3. The van der Waals surface area contributed by atoms with Crippen molar-refractivity contribution < 1.29 is 14.7 Å². The van der Waals surface area contributed by atoms with Gasteiger partial charge < -0.3 is 14.9 Å². The smallest absolute Gasteiger partial charge is 0.187 e. The summed E-state index contributed by atoms with van der Waals surface area (Å²) in [7, 11) is 2.11. The molecule has 0 aromatic heterocycles. The number of nitrogens with zero attached hydrogens (tertiary/aromatic N) is 2. The Hall–Kier alpha value is -3.02. The van der Waals surface area contributed by atoms with E-state index >= 15 is 0 Å². The SMILES string of the molecule is CN1CCN(c2ccccc2C(=O)/C=C/c2ccc(/C=C/C(=O)CO)cc2)CC1. The van der Waals surface area contributed by atoms with Crippen LogP contribution in [0.15, 0.2) is 60.7 Å². The summed E-state index contributed by atoms with van der Waals surface area (Å²) in [4.78, 5) is 28.5. The van der Waals surface area contributed by atoms with Crippen LogP contribution in [0.5, 0.6) is 0 Å². The summed E-state index contributed by atoms with van der Waals surface area (Å²) in [5, 5.41) is 8.74. The molecule has 2 aromatic carbocycles. The number of aliphatic hydroxyl groups is 1. The van der Waals surface area contributed by atoms with Gasteiger partial charge in [-0.05, 0) is 42.5 Å². The first-order valence-electron chi connectivity index (χ1n) is 9.73. The molecule has 5 nitrogen and oxygen atoms in total. The van der Waals surface area contributed by atoms with Gasteiger partial charge in [0.2, 0.25) is 0 Å². The molecule has 3 rings (SSSR count). The van der Waals surface area contributed by atoms with Crippen molar-refractivity contribution >= 4 is 29.4 Å². The molecule has 1 N–H and O–H groups in total. The molecule has 1 fully saturated rings. The lowest BCUT2D eigenvalue weighted by Crippen LogP contribution is -2.44. The number of ketones is 2. The van der Waals surface area contributed by atoms with Crippen molar-refractivity contribution in [2.24, 2.45) is 0 Å². The van der Waals surface area contributed by atoms with Crippen LogP contribution in [-0.4, -0.2) is 61.4 Å². The number of allylic oxidation sites excluding steroid dienone is 1. The van der Waals surface area contributed by atoms with Gasteiger partial charge in [0, 0.05) is 37.4 Å². The van der Waals surface area contributed by atoms with E-state index < -0.39 is 6.61 Å². The third-order valence-electron chi connectivity index (χ3n) is 4.99. The number of hydrogen-bond donors (Lipinski definition) is 1. The maximum atomic E-state index is 12.8. The van der Waals surface area contributed by atoms with Gasteiger partial charge in [0.1, 0.15) is 6.61 Å². The number of carbonyl (C=O) groups excluding carboxylic acids is 2. The number of likely N-dealkylation sites (N-methyl/N-ethyl adjacent to an activating group) is 1. The molecule has 0 radical (unpaired) electrons. The zero-order valence-electron chi connectivity index (χ0n) is 16.6. The number of piperazine rings is 1. The molecule has 29 heavy (non-hydrogen) atoms. The molecule has 0 unspecified atom stereocenters. The zero-order valence-corrected chi connectivity index (χ0v) is 16.6. The Morgan fingerprint density at radius 3 is 2.10 bits per heavy atom. The number of rotatable bonds is 7. The van der Waals surface area contributed by atoms with Gasteiger partial charge in [-0.3, -0.25) is 9.59 Å². The van der Waals surface area contributed by atoms with E-state index in [4.69, 9.17) is 5.11 Å². The Balaban J connectivity index is 1.70. The van der Waals surface area contributed by atoms with Gasteiger partial charge >= 0.3 is 0 Å². The van der Waals surface area contributed by atoms with Crippen LogP contribution in [0.4, 0.5) is 5.69 Å². The first-order chi connectivity index (χ1) is 14.1. The lowest BCUT2D eigenvalue weighted by Gasteiger charge is -2.34. The van der Waals surface area contributed by atoms with E-state index in [2.05, 4.69) is 16.8 Å². The van der Waals surface area contributed by atoms with E-state index in [0.29, 0.717) is 0 Å². The summed E-state index contributed by atoms with van der Waals surface area (Å²) in [6.45, 7) is 3.32. The molecule has 1 heterocycles. The van der Waals surface area contributed by atoms with Crippen LogP contribution in [0, 0.1) is 0 Å². The first-order valence-corrected chi connectivity index (χ1v) is 9.73. The van der Waals surface area contributed by atoms with Crippen molar-refractivity contribution in [1.29, 1.82) is 0 Å². The van der Waals surface area contributed by atoms with Crippen LogP contribution in [0.3, 0.4) is 0 Å². The number of para-hydroxylation sites is 1. The second-order valence-corrected chi connectivity index (χ2v) is 7.13. The minimum atomic E-state index is -0.491. The summed E-state index contributed by atoms with van der Waals surface area (Å²) in [6.07, 6.45) is 6.41. The van der Waals surface area contributed by atoms with Crippen molar-refractivity contribution in [3.63, 3.8) is 0 Å². The van der Waals surface area contributed by atoms with Gasteiger partial charge in [-0.1, -0.05) is 48.6 Å². The maximum Gasteiger partial charge on any atom is 0.187 e. The Labute approximate surface area is 171 Å². The standard InChI is InChI=1S/C24H26N2O3/c1-25-14-16-26(17-15-25)23-5-3-2-4-22(23)24(29)13-11-20-8-6-19(7-9-20)10-12-21(28)18-27/h2-13,27H,14-18H2,1H3/b12-10+,13-11+. The van der Waals surface area contributed by atoms with Crippen molar-refractivity contribution in [2.45, 2.75) is 0 Å². The van der Waals surface area contributed by atoms with Crippen molar-refractivity contribution in [3.05, 3.63) is 77.4 Å². The van der Waals surface area contributed by atoms with Gasteiger partial charge in [0.25, 0.3) is 0 Å². The molecule has 0 aliphatic carbocycles. The van der Waals surface area contributed by atoms with Gasteiger partial charge in [0.15, 0.2) is 11.6 Å². The molecular formula is C24H26N2O3. The second kappa shape index (κ2) is 9.96. The zero-order chi connectivity index (χ0) is 20.6. The normalized spacial score (nSPS) is 15.3. The van der Waals surface area contributed by atoms with Crippen LogP contribution in [-0.2, 0) is 4.79 Å². The molecule has 0 amide bonds. The van der Waals surface area contributed by atoms with Crippen LogP contribution < -0.4 is 4.90 Å². The molecule has 0 bridgehead atoms. The quantitative estimate of drug-likeness (QED) is 0.582. The highest BCUT2D eigenvalue weighted by Crippen LogP contribution is 2.23. The molecule has 1 aliphatic rings. The monoisotopic (exact) mass is 390 g/mol. The topological polar surface area (TPSA) is 60.9 Å². The third-order valence-corrected chi connectivity index (χ3v) is 4.99. The lowest BCUT2D eigenvalue weighted by molar-refractivity contribution is -0.117. The van der Waals surface area contributed by atoms with Crippen LogP contribution in [0.25, 0.3) is 12.2 Å². The third kappa shape index (κ3) is 5.73. The van der Waals surface area contributed by atoms with Gasteiger partial charge in [-0.2, -0.15) is 0 Å². The van der Waals surface area contributed by atoms with E-state index in [1.165, 1.54) is 6.08 Å². The van der Waals surface area contributed by atoms with Crippen molar-refractivity contribution in [3.8, 4) is 0 Å². The van der Waals surface area contributed by atoms with E-state index in [1.54, 1.807) is 18.2 Å². The van der Waals surface area contributed by atoms with E-state index in [1.807, 2.05) is 48.5 Å².